The van der Waals surface area contributed by atoms with Crippen molar-refractivity contribution in [3.8, 4) is 17.2 Å². The lowest BCUT2D eigenvalue weighted by molar-refractivity contribution is 0.100. The normalized spacial score (nSPS) is 15.0. The van der Waals surface area contributed by atoms with Gasteiger partial charge >= 0.3 is 0 Å². The molecule has 0 amide bonds. The summed E-state index contributed by atoms with van der Waals surface area (Å²) in [7, 11) is 3.06. The van der Waals surface area contributed by atoms with Crippen LogP contribution in [0.1, 0.15) is 15.9 Å². The summed E-state index contributed by atoms with van der Waals surface area (Å²) in [4.78, 5) is 12.7. The number of methoxy groups -OCH3 is 2. The second kappa shape index (κ2) is 6.87. The van der Waals surface area contributed by atoms with Crippen molar-refractivity contribution in [1.29, 1.82) is 0 Å². The third-order valence-corrected chi connectivity index (χ3v) is 4.43. The number of halogens is 2. The van der Waals surface area contributed by atoms with E-state index in [1.165, 1.54) is 14.2 Å². The first-order valence-corrected chi connectivity index (χ1v) is 8.29. The smallest absolute Gasteiger partial charge is 0.196 e. The summed E-state index contributed by atoms with van der Waals surface area (Å²) < 4.78 is 17.0. The van der Waals surface area contributed by atoms with Gasteiger partial charge in [-0.15, -0.1) is 0 Å². The van der Waals surface area contributed by atoms with E-state index in [1.54, 1.807) is 30.3 Å². The molecule has 0 radical (unpaired) electrons. The minimum absolute atomic E-state index is 0.0662. The fraction of sp³-hybridized carbons (Fsp3) is 0.167. The van der Waals surface area contributed by atoms with Gasteiger partial charge in [0.2, 0.25) is 0 Å². The maximum absolute atomic E-state index is 12.7. The van der Waals surface area contributed by atoms with Crippen LogP contribution in [0.2, 0.25) is 5.02 Å². The Bertz CT molecular complexity index is 845. The van der Waals surface area contributed by atoms with Crippen molar-refractivity contribution in [1.82, 2.24) is 0 Å². The Morgan fingerprint density at radius 1 is 1.21 bits per heavy atom. The molecule has 1 heterocycles. The van der Waals surface area contributed by atoms with Crippen LogP contribution in [0.3, 0.4) is 0 Å². The highest BCUT2D eigenvalue weighted by Gasteiger charge is 2.23. The molecule has 1 aliphatic rings. The van der Waals surface area contributed by atoms with Crippen LogP contribution in [0.15, 0.2) is 40.4 Å². The first-order valence-electron chi connectivity index (χ1n) is 7.12. The van der Waals surface area contributed by atoms with Gasteiger partial charge in [0.15, 0.2) is 17.3 Å². The van der Waals surface area contributed by atoms with Crippen LogP contribution in [0.4, 0.5) is 0 Å². The lowest BCUT2D eigenvalue weighted by Crippen LogP contribution is -2.19. The molecule has 0 fully saturated rings. The van der Waals surface area contributed by atoms with Crippen LogP contribution in [-0.4, -0.2) is 26.6 Å². The number of Topliss-reactive ketones (excluding diaryl/α,β-unsaturated/α-hetero) is 1. The van der Waals surface area contributed by atoms with E-state index in [9.17, 15) is 4.79 Å². The van der Waals surface area contributed by atoms with E-state index in [0.717, 1.165) is 10.0 Å². The van der Waals surface area contributed by atoms with Crippen LogP contribution >= 0.6 is 27.5 Å². The van der Waals surface area contributed by atoms with E-state index in [0.29, 0.717) is 33.4 Å². The molecule has 24 heavy (non-hydrogen) atoms. The lowest BCUT2D eigenvalue weighted by Gasteiger charge is -2.19. The number of hydrogen-bond donors (Lipinski definition) is 0. The third kappa shape index (κ3) is 3.14. The molecular formula is C18H14BrClO4. The average Bonchev–Trinajstić information content (AvgIpc) is 2.57. The fourth-order valence-electron chi connectivity index (χ4n) is 2.53. The molecule has 0 unspecified atom stereocenters. The summed E-state index contributed by atoms with van der Waals surface area (Å²) in [5, 5.41) is 0.413. The molecule has 0 spiro atoms. The van der Waals surface area contributed by atoms with Gasteiger partial charge in [0.25, 0.3) is 0 Å². The molecule has 2 aromatic carbocycles. The Hall–Kier alpha value is -1.98. The van der Waals surface area contributed by atoms with E-state index < -0.39 is 0 Å². The van der Waals surface area contributed by atoms with Crippen molar-refractivity contribution in [3.05, 3.63) is 56.5 Å². The molecule has 0 aromatic heterocycles. The zero-order chi connectivity index (χ0) is 17.3. The van der Waals surface area contributed by atoms with Crippen LogP contribution in [0, 0.1) is 0 Å². The van der Waals surface area contributed by atoms with E-state index in [4.69, 9.17) is 25.8 Å². The fourth-order valence-corrected chi connectivity index (χ4v) is 3.19. The van der Waals surface area contributed by atoms with Crippen molar-refractivity contribution in [3.63, 3.8) is 0 Å². The quantitative estimate of drug-likeness (QED) is 0.685. The number of ether oxygens (including phenoxy) is 3. The summed E-state index contributed by atoms with van der Waals surface area (Å²) >= 11 is 9.59. The Morgan fingerprint density at radius 3 is 2.71 bits per heavy atom. The van der Waals surface area contributed by atoms with E-state index in [1.807, 2.05) is 6.07 Å². The molecule has 6 heteroatoms. The minimum Gasteiger partial charge on any atom is -0.493 e. The number of carbonyl (C=O) groups excluding carboxylic acids is 1. The minimum atomic E-state index is -0.0662. The molecule has 0 aliphatic carbocycles. The standard InChI is InChI=1S/C18H14BrClO4/c1-22-16-7-10(6-14(20)18(16)23-2)5-11-9-24-15-4-3-12(19)8-13(15)17(11)21/h3-8H,9H2,1-2H3/b11-5+. The van der Waals surface area contributed by atoms with Gasteiger partial charge in [-0.3, -0.25) is 4.79 Å². The molecule has 2 aromatic rings. The summed E-state index contributed by atoms with van der Waals surface area (Å²) in [6, 6.07) is 8.86. The molecule has 124 valence electrons. The summed E-state index contributed by atoms with van der Waals surface area (Å²) in [6.45, 7) is 0.208. The van der Waals surface area contributed by atoms with Crippen molar-refractivity contribution in [2.75, 3.05) is 20.8 Å². The number of rotatable bonds is 3. The van der Waals surface area contributed by atoms with Gasteiger partial charge in [-0.05, 0) is 42.0 Å². The number of fused-ring (bicyclic) bond motifs is 1. The molecular weight excluding hydrogens is 396 g/mol. The number of ketones is 1. The van der Waals surface area contributed by atoms with Gasteiger partial charge in [0.05, 0.1) is 24.8 Å². The molecule has 0 atom stereocenters. The molecule has 1 aliphatic heterocycles. The SMILES string of the molecule is COc1cc(/C=C2\COc3ccc(Br)cc3C2=O)cc(Cl)c1OC. The van der Waals surface area contributed by atoms with Gasteiger partial charge in [-0.25, -0.2) is 0 Å². The maximum Gasteiger partial charge on any atom is 0.196 e. The van der Waals surface area contributed by atoms with Crippen molar-refractivity contribution < 1.29 is 19.0 Å². The molecule has 0 bridgehead atoms. The summed E-state index contributed by atoms with van der Waals surface area (Å²) in [5.74, 6) is 1.49. The molecule has 0 N–H and O–H groups in total. The van der Waals surface area contributed by atoms with Crippen molar-refractivity contribution in [2.45, 2.75) is 0 Å². The highest BCUT2D eigenvalue weighted by Crippen LogP contribution is 2.37. The number of benzene rings is 2. The second-order valence-corrected chi connectivity index (χ2v) is 6.49. The van der Waals surface area contributed by atoms with E-state index >= 15 is 0 Å². The van der Waals surface area contributed by atoms with Gasteiger partial charge in [0.1, 0.15) is 12.4 Å². The first-order chi connectivity index (χ1) is 11.5. The zero-order valence-corrected chi connectivity index (χ0v) is 15.4. The van der Waals surface area contributed by atoms with Gasteiger partial charge in [0, 0.05) is 10.0 Å². The van der Waals surface area contributed by atoms with Crippen LogP contribution < -0.4 is 14.2 Å². The topological polar surface area (TPSA) is 44.8 Å². The number of hydrogen-bond acceptors (Lipinski definition) is 4. The largest absolute Gasteiger partial charge is 0.493 e. The van der Waals surface area contributed by atoms with E-state index in [-0.39, 0.29) is 12.4 Å². The molecule has 0 saturated carbocycles. The molecule has 3 rings (SSSR count). The Kier molecular flexibility index (Phi) is 4.83. The van der Waals surface area contributed by atoms with Crippen molar-refractivity contribution >= 4 is 39.4 Å². The third-order valence-electron chi connectivity index (χ3n) is 3.66. The summed E-state index contributed by atoms with van der Waals surface area (Å²) in [6.07, 6.45) is 1.75. The predicted molar refractivity (Wildman–Crippen MR) is 96.5 cm³/mol. The summed E-state index contributed by atoms with van der Waals surface area (Å²) in [5.41, 5.74) is 1.82. The Balaban J connectivity index is 2.01. The maximum atomic E-state index is 12.7. The highest BCUT2D eigenvalue weighted by atomic mass is 79.9. The Labute approximate surface area is 153 Å². The van der Waals surface area contributed by atoms with Gasteiger partial charge < -0.3 is 14.2 Å². The monoisotopic (exact) mass is 408 g/mol. The van der Waals surface area contributed by atoms with Crippen LogP contribution in [0.25, 0.3) is 6.08 Å². The second-order valence-electron chi connectivity index (χ2n) is 5.17. The van der Waals surface area contributed by atoms with Crippen LogP contribution in [-0.2, 0) is 0 Å². The lowest BCUT2D eigenvalue weighted by atomic mass is 9.98. The molecule has 4 nitrogen and oxygen atoms in total. The van der Waals surface area contributed by atoms with Crippen molar-refractivity contribution in [2.24, 2.45) is 0 Å². The van der Waals surface area contributed by atoms with Gasteiger partial charge in [-0.2, -0.15) is 0 Å². The number of carbonyl (C=O) groups is 1. The van der Waals surface area contributed by atoms with Crippen LogP contribution in [0.5, 0.6) is 17.2 Å². The highest BCUT2D eigenvalue weighted by molar-refractivity contribution is 9.10. The zero-order valence-electron chi connectivity index (χ0n) is 13.1. The Morgan fingerprint density at radius 2 is 2.00 bits per heavy atom. The van der Waals surface area contributed by atoms with Gasteiger partial charge in [-0.1, -0.05) is 27.5 Å². The van der Waals surface area contributed by atoms with E-state index in [2.05, 4.69) is 15.9 Å². The first kappa shape index (κ1) is 16.9. The average molecular weight is 410 g/mol. The molecule has 0 saturated heterocycles. The predicted octanol–water partition coefficient (Wildman–Crippen LogP) is 4.78.